The molecule has 170 valence electrons. The van der Waals surface area contributed by atoms with Crippen molar-refractivity contribution >= 4 is 12.0 Å². The average molecular weight is 436 g/mol. The number of alkyl halides is 3. The number of halogens is 3. The van der Waals surface area contributed by atoms with Crippen LogP contribution in [0.25, 0.3) is 0 Å². The Balaban J connectivity index is 1.54. The summed E-state index contributed by atoms with van der Waals surface area (Å²) in [4.78, 5) is 23.5. The minimum atomic E-state index is -4.62. The number of hydrogen-bond donors (Lipinski definition) is 2. The van der Waals surface area contributed by atoms with Crippen molar-refractivity contribution in [1.29, 1.82) is 0 Å². The lowest BCUT2D eigenvalue weighted by Gasteiger charge is -2.19. The monoisotopic (exact) mass is 436 g/mol. The zero-order valence-electron chi connectivity index (χ0n) is 17.1. The summed E-state index contributed by atoms with van der Waals surface area (Å²) >= 11 is 0. The highest BCUT2D eigenvalue weighted by Crippen LogP contribution is 2.43. The number of hydrogen-bond acceptors (Lipinski definition) is 6. The van der Waals surface area contributed by atoms with Gasteiger partial charge in [0, 0.05) is 13.1 Å². The smallest absolute Gasteiger partial charge is 0.416 e. The minimum absolute atomic E-state index is 0.0504. The van der Waals surface area contributed by atoms with Crippen LogP contribution in [-0.4, -0.2) is 75.5 Å². The third-order valence-electron chi connectivity index (χ3n) is 3.98. The van der Waals surface area contributed by atoms with Gasteiger partial charge in [-0.15, -0.1) is 0 Å². The van der Waals surface area contributed by atoms with Gasteiger partial charge in [-0.25, -0.2) is 4.79 Å². The van der Waals surface area contributed by atoms with E-state index in [0.29, 0.717) is 0 Å². The van der Waals surface area contributed by atoms with E-state index in [1.54, 1.807) is 20.8 Å². The van der Waals surface area contributed by atoms with Crippen LogP contribution < -0.4 is 10.6 Å². The van der Waals surface area contributed by atoms with Gasteiger partial charge >= 0.3 is 12.3 Å². The molecule has 0 saturated carbocycles. The number of ether oxygens (including phenoxy) is 4. The predicted molar refractivity (Wildman–Crippen MR) is 99.8 cm³/mol. The van der Waals surface area contributed by atoms with Crippen LogP contribution in [0.2, 0.25) is 0 Å². The molecular formula is C19H27F3N2O6. The van der Waals surface area contributed by atoms with E-state index in [1.165, 1.54) is 12.2 Å². The third kappa shape index (κ3) is 7.29. The number of nitrogens with one attached hydrogen (secondary N) is 2. The number of amides is 2. The summed E-state index contributed by atoms with van der Waals surface area (Å²) in [6.45, 7) is 6.49. The average Bonchev–Trinajstić information content (AvgIpc) is 3.22. The Bertz CT molecular complexity index is 685. The van der Waals surface area contributed by atoms with Crippen molar-refractivity contribution < 1.29 is 41.7 Å². The van der Waals surface area contributed by atoms with Crippen molar-refractivity contribution in [1.82, 2.24) is 10.6 Å². The molecule has 2 amide bonds. The predicted octanol–water partition coefficient (Wildman–Crippen LogP) is 1.86. The van der Waals surface area contributed by atoms with Gasteiger partial charge in [0.05, 0.1) is 37.6 Å². The molecule has 11 heteroatoms. The summed E-state index contributed by atoms with van der Waals surface area (Å²) in [7, 11) is 0. The number of carbonyl (C=O) groups excluding carboxylic acids is 2. The minimum Gasteiger partial charge on any atom is -0.444 e. The molecule has 2 aliphatic rings. The maximum absolute atomic E-state index is 13.1. The van der Waals surface area contributed by atoms with Gasteiger partial charge in [-0.2, -0.15) is 13.2 Å². The zero-order chi connectivity index (χ0) is 22.4. The van der Waals surface area contributed by atoms with Crippen molar-refractivity contribution in [2.24, 2.45) is 0 Å². The molecule has 2 aliphatic heterocycles. The van der Waals surface area contributed by atoms with E-state index in [-0.39, 0.29) is 39.5 Å². The first-order chi connectivity index (χ1) is 14.0. The lowest BCUT2D eigenvalue weighted by Crippen LogP contribution is -2.34. The van der Waals surface area contributed by atoms with Crippen molar-refractivity contribution in [3.05, 3.63) is 23.3 Å². The number of rotatable bonds is 10. The number of carbonyl (C=O) groups is 2. The maximum atomic E-state index is 13.1. The van der Waals surface area contributed by atoms with Gasteiger partial charge in [-0.1, -0.05) is 12.2 Å². The maximum Gasteiger partial charge on any atom is 0.416 e. The first-order valence-corrected chi connectivity index (χ1v) is 9.54. The van der Waals surface area contributed by atoms with E-state index in [9.17, 15) is 22.8 Å². The van der Waals surface area contributed by atoms with Crippen LogP contribution in [0.4, 0.5) is 18.0 Å². The molecule has 0 radical (unpaired) electrons. The molecule has 0 aromatic heterocycles. The fourth-order valence-electron chi connectivity index (χ4n) is 2.84. The molecule has 30 heavy (non-hydrogen) atoms. The summed E-state index contributed by atoms with van der Waals surface area (Å²) in [6.07, 6.45) is -4.58. The summed E-state index contributed by atoms with van der Waals surface area (Å²) in [6, 6.07) is 0. The van der Waals surface area contributed by atoms with Crippen molar-refractivity contribution in [3.8, 4) is 0 Å². The van der Waals surface area contributed by atoms with E-state index >= 15 is 0 Å². The molecule has 0 aromatic carbocycles. The second-order valence-electron chi connectivity index (χ2n) is 7.60. The van der Waals surface area contributed by atoms with E-state index in [1.807, 2.05) is 0 Å². The molecule has 0 saturated heterocycles. The Labute approximate surface area is 172 Å². The van der Waals surface area contributed by atoms with Crippen LogP contribution in [0.3, 0.4) is 0 Å². The third-order valence-corrected chi connectivity index (χ3v) is 3.98. The van der Waals surface area contributed by atoms with Crippen LogP contribution in [0.15, 0.2) is 23.3 Å². The highest BCUT2D eigenvalue weighted by molar-refractivity contribution is 5.97. The van der Waals surface area contributed by atoms with Crippen LogP contribution in [0.1, 0.15) is 20.8 Å². The van der Waals surface area contributed by atoms with Gasteiger partial charge in [0.25, 0.3) is 5.91 Å². The highest BCUT2D eigenvalue weighted by atomic mass is 19.4. The Kier molecular flexibility index (Phi) is 8.27. The molecule has 2 atom stereocenters. The quantitative estimate of drug-likeness (QED) is 0.401. The molecule has 0 aromatic rings. The summed E-state index contributed by atoms with van der Waals surface area (Å²) in [5.74, 6) is -0.813. The highest BCUT2D eigenvalue weighted by Gasteiger charge is 2.51. The van der Waals surface area contributed by atoms with Gasteiger partial charge in [-0.05, 0) is 20.8 Å². The molecule has 0 spiro atoms. The van der Waals surface area contributed by atoms with Gasteiger partial charge in [0.1, 0.15) is 17.8 Å². The Hall–Kier alpha value is -2.11. The van der Waals surface area contributed by atoms with Crippen molar-refractivity contribution in [3.63, 3.8) is 0 Å². The van der Waals surface area contributed by atoms with Crippen LogP contribution in [0, 0.1) is 0 Å². The molecule has 2 N–H and O–H groups in total. The van der Waals surface area contributed by atoms with Gasteiger partial charge in [0.15, 0.2) is 0 Å². The lowest BCUT2D eigenvalue weighted by atomic mass is 9.96. The van der Waals surface area contributed by atoms with E-state index in [4.69, 9.17) is 18.9 Å². The second-order valence-corrected chi connectivity index (χ2v) is 7.60. The fourth-order valence-corrected chi connectivity index (χ4v) is 2.84. The van der Waals surface area contributed by atoms with Gasteiger partial charge < -0.3 is 29.6 Å². The van der Waals surface area contributed by atoms with Gasteiger partial charge in [-0.3, -0.25) is 4.79 Å². The zero-order valence-corrected chi connectivity index (χ0v) is 17.1. The Morgan fingerprint density at radius 3 is 2.10 bits per heavy atom. The van der Waals surface area contributed by atoms with Crippen molar-refractivity contribution in [2.45, 2.75) is 44.8 Å². The standard InChI is InChI=1S/C19H27F3N2O6/c1-18(2,3)30-17(26)24-7-9-28-11-10-27-8-6-23-16(25)14-12-4-5-13(29-12)15(14)19(20,21)22/h4-5,12-13H,6-11H2,1-3H3,(H,23,25)(H,24,26). The molecule has 0 fully saturated rings. The fraction of sp³-hybridized carbons (Fsp3) is 0.684. The molecule has 2 bridgehead atoms. The lowest BCUT2D eigenvalue weighted by molar-refractivity contribution is -0.119. The molecular weight excluding hydrogens is 409 g/mol. The Morgan fingerprint density at radius 1 is 0.967 bits per heavy atom. The summed E-state index contributed by atoms with van der Waals surface area (Å²) in [5.41, 5.74) is -1.90. The Morgan fingerprint density at radius 2 is 1.53 bits per heavy atom. The largest absolute Gasteiger partial charge is 0.444 e. The first kappa shape index (κ1) is 24.2. The summed E-state index contributed by atoms with van der Waals surface area (Å²) < 4.78 is 60.1. The molecule has 2 rings (SSSR count). The molecule has 8 nitrogen and oxygen atoms in total. The summed E-state index contributed by atoms with van der Waals surface area (Å²) in [5, 5.41) is 4.96. The SMILES string of the molecule is CC(C)(C)OC(=O)NCCOCCOCCNC(=O)C1=C(C(F)(F)F)C2C=CC1O2. The van der Waals surface area contributed by atoms with E-state index in [2.05, 4.69) is 10.6 Å². The van der Waals surface area contributed by atoms with Crippen molar-refractivity contribution in [2.75, 3.05) is 39.5 Å². The molecule has 2 heterocycles. The normalized spacial score (nSPS) is 20.6. The first-order valence-electron chi connectivity index (χ1n) is 9.54. The second kappa shape index (κ2) is 10.3. The van der Waals surface area contributed by atoms with Crippen LogP contribution >= 0.6 is 0 Å². The topological polar surface area (TPSA) is 95.1 Å². The van der Waals surface area contributed by atoms with Gasteiger partial charge in [0.2, 0.25) is 0 Å². The number of alkyl carbamates (subject to hydrolysis) is 1. The van der Waals surface area contributed by atoms with E-state index in [0.717, 1.165) is 0 Å². The van der Waals surface area contributed by atoms with Crippen LogP contribution in [0.5, 0.6) is 0 Å². The molecule has 2 unspecified atom stereocenters. The van der Waals surface area contributed by atoms with Crippen LogP contribution in [-0.2, 0) is 23.7 Å². The van der Waals surface area contributed by atoms with E-state index < -0.39 is 47.1 Å². The molecule has 0 aliphatic carbocycles. The number of fused-ring (bicyclic) bond motifs is 2.